The molecule has 0 bridgehead atoms. The number of ether oxygens (including phenoxy) is 1. The van der Waals surface area contributed by atoms with Gasteiger partial charge in [0, 0.05) is 44.0 Å². The number of hydrogen-bond donors (Lipinski definition) is 1. The Morgan fingerprint density at radius 1 is 1.12 bits per heavy atom. The SMILES string of the molecule is O=c1ccc2ncc(=O)n3c2n1CC3CN1CCC(NCc2cc3c(cn2)SCO3)CC1. The number of nitrogens with zero attached hydrogens (tertiary/aromatic N) is 5. The summed E-state index contributed by atoms with van der Waals surface area (Å²) in [5, 5.41) is 3.63. The minimum absolute atomic E-state index is 0.0407. The molecule has 1 N–H and O–H groups in total. The number of nitrogens with one attached hydrogen (secondary N) is 1. The smallest absolute Gasteiger partial charge is 0.270 e. The Morgan fingerprint density at radius 3 is 2.88 bits per heavy atom. The minimum atomic E-state index is -0.139. The van der Waals surface area contributed by atoms with Crippen molar-refractivity contribution >= 4 is 22.9 Å². The van der Waals surface area contributed by atoms with Gasteiger partial charge in [-0.1, -0.05) is 11.8 Å². The van der Waals surface area contributed by atoms with Gasteiger partial charge in [0.2, 0.25) is 0 Å². The molecule has 3 aliphatic rings. The van der Waals surface area contributed by atoms with E-state index in [0.29, 0.717) is 29.7 Å². The minimum Gasteiger partial charge on any atom is -0.481 e. The van der Waals surface area contributed by atoms with Crippen molar-refractivity contribution in [1.82, 2.24) is 29.3 Å². The van der Waals surface area contributed by atoms with Gasteiger partial charge in [0.05, 0.1) is 22.8 Å². The van der Waals surface area contributed by atoms with Gasteiger partial charge in [-0.15, -0.1) is 0 Å². The van der Waals surface area contributed by atoms with Crippen LogP contribution >= 0.6 is 11.8 Å². The Labute approximate surface area is 188 Å². The summed E-state index contributed by atoms with van der Waals surface area (Å²) in [5.74, 6) is 1.61. The van der Waals surface area contributed by atoms with Gasteiger partial charge in [0.1, 0.15) is 22.9 Å². The number of piperidine rings is 1. The zero-order valence-electron chi connectivity index (χ0n) is 17.6. The van der Waals surface area contributed by atoms with Crippen LogP contribution in [0.4, 0.5) is 0 Å². The Bertz CT molecular complexity index is 1290. The maximum atomic E-state index is 12.5. The molecule has 1 saturated heterocycles. The normalized spacial score (nSPS) is 20.6. The first kappa shape index (κ1) is 20.0. The summed E-state index contributed by atoms with van der Waals surface area (Å²) in [6, 6.07) is 5.66. The van der Waals surface area contributed by atoms with E-state index in [2.05, 4.69) is 20.2 Å². The predicted octanol–water partition coefficient (Wildman–Crippen LogP) is 1.20. The van der Waals surface area contributed by atoms with Crippen molar-refractivity contribution in [2.45, 2.75) is 42.9 Å². The van der Waals surface area contributed by atoms with Crippen molar-refractivity contribution in [2.75, 3.05) is 25.6 Å². The molecular weight excluding hydrogens is 428 g/mol. The van der Waals surface area contributed by atoms with Crippen molar-refractivity contribution in [3.05, 3.63) is 57.0 Å². The molecule has 6 rings (SSSR count). The fraction of sp³-hybridized carbons (Fsp3) is 0.455. The molecule has 0 radical (unpaired) electrons. The lowest BCUT2D eigenvalue weighted by molar-refractivity contribution is 0.171. The fourth-order valence-corrected chi connectivity index (χ4v) is 5.67. The van der Waals surface area contributed by atoms with E-state index in [4.69, 9.17) is 4.74 Å². The Hall–Kier alpha value is -2.69. The van der Waals surface area contributed by atoms with E-state index in [0.717, 1.165) is 55.4 Å². The molecule has 0 saturated carbocycles. The third kappa shape index (κ3) is 3.52. The second-order valence-corrected chi connectivity index (χ2v) is 9.56. The first-order valence-electron chi connectivity index (χ1n) is 11.0. The maximum Gasteiger partial charge on any atom is 0.270 e. The molecule has 1 unspecified atom stereocenters. The summed E-state index contributed by atoms with van der Waals surface area (Å²) in [7, 11) is 0. The van der Waals surface area contributed by atoms with Gasteiger partial charge >= 0.3 is 0 Å². The summed E-state index contributed by atoms with van der Waals surface area (Å²) >= 11 is 1.68. The van der Waals surface area contributed by atoms with Crippen LogP contribution in [0.1, 0.15) is 24.6 Å². The molecule has 0 spiro atoms. The first-order chi connectivity index (χ1) is 15.7. The number of thioether (sulfide) groups is 1. The number of pyridine rings is 2. The van der Waals surface area contributed by atoms with Gasteiger partial charge in [-0.05, 0) is 32.0 Å². The maximum absolute atomic E-state index is 12.5. The predicted molar refractivity (Wildman–Crippen MR) is 121 cm³/mol. The van der Waals surface area contributed by atoms with Crippen molar-refractivity contribution in [3.63, 3.8) is 0 Å². The lowest BCUT2D eigenvalue weighted by Crippen LogP contribution is -2.44. The molecule has 3 aliphatic heterocycles. The highest BCUT2D eigenvalue weighted by Crippen LogP contribution is 2.35. The summed E-state index contributed by atoms with van der Waals surface area (Å²) in [5.41, 5.74) is 2.13. The number of fused-ring (bicyclic) bond motifs is 1. The molecule has 1 fully saturated rings. The van der Waals surface area contributed by atoms with E-state index in [-0.39, 0.29) is 17.2 Å². The van der Waals surface area contributed by atoms with Gasteiger partial charge in [-0.25, -0.2) is 4.98 Å². The first-order valence-corrected chi connectivity index (χ1v) is 12.0. The molecule has 166 valence electrons. The largest absolute Gasteiger partial charge is 0.481 e. The third-order valence-corrected chi connectivity index (χ3v) is 7.47. The van der Waals surface area contributed by atoms with Crippen molar-refractivity contribution < 1.29 is 4.74 Å². The molecule has 3 aromatic rings. The summed E-state index contributed by atoms with van der Waals surface area (Å²) in [6.07, 6.45) is 5.34. The molecule has 1 atom stereocenters. The molecule has 0 aromatic carbocycles. The average molecular weight is 453 g/mol. The summed E-state index contributed by atoms with van der Waals surface area (Å²) in [6.45, 7) is 3.94. The van der Waals surface area contributed by atoms with Crippen molar-refractivity contribution in [1.29, 1.82) is 0 Å². The molecule has 10 heteroatoms. The van der Waals surface area contributed by atoms with Gasteiger partial charge in [0.15, 0.2) is 0 Å². The average Bonchev–Trinajstić information content (AvgIpc) is 3.43. The van der Waals surface area contributed by atoms with Gasteiger partial charge in [-0.2, -0.15) is 0 Å². The molecule has 0 amide bonds. The quantitative estimate of drug-likeness (QED) is 0.617. The lowest BCUT2D eigenvalue weighted by Gasteiger charge is -2.34. The van der Waals surface area contributed by atoms with Crippen LogP contribution in [-0.4, -0.2) is 55.6 Å². The van der Waals surface area contributed by atoms with Gasteiger partial charge in [-0.3, -0.25) is 23.7 Å². The topological polar surface area (TPSA) is 94.3 Å². The van der Waals surface area contributed by atoms with E-state index < -0.39 is 0 Å². The second kappa shape index (κ2) is 8.02. The number of hydrogen-bond acceptors (Lipinski definition) is 8. The van der Waals surface area contributed by atoms with E-state index >= 15 is 0 Å². The highest BCUT2D eigenvalue weighted by Gasteiger charge is 2.29. The van der Waals surface area contributed by atoms with Crippen LogP contribution in [0.25, 0.3) is 11.2 Å². The highest BCUT2D eigenvalue weighted by atomic mass is 32.2. The van der Waals surface area contributed by atoms with Crippen LogP contribution in [0.15, 0.2) is 45.1 Å². The highest BCUT2D eigenvalue weighted by molar-refractivity contribution is 7.99. The van der Waals surface area contributed by atoms with Crippen LogP contribution in [0.3, 0.4) is 0 Å². The standard InChI is InChI=1S/C22H24N6O3S/c29-20-2-1-17-22-27(20)12-16(28(22)21(30)10-25-17)11-26-5-3-14(4-6-26)23-8-15-7-18-19(9-24-15)32-13-31-18/h1-2,7,9-10,14,16,23H,3-6,8,11-13H2. The molecule has 32 heavy (non-hydrogen) atoms. The third-order valence-electron chi connectivity index (χ3n) is 6.62. The van der Waals surface area contributed by atoms with Crippen molar-refractivity contribution in [3.8, 4) is 5.75 Å². The van der Waals surface area contributed by atoms with Gasteiger partial charge < -0.3 is 15.0 Å². The van der Waals surface area contributed by atoms with Gasteiger partial charge in [0.25, 0.3) is 11.1 Å². The Balaban J connectivity index is 1.07. The van der Waals surface area contributed by atoms with E-state index in [9.17, 15) is 9.59 Å². The number of rotatable bonds is 5. The molecule has 6 heterocycles. The monoisotopic (exact) mass is 452 g/mol. The van der Waals surface area contributed by atoms with Crippen molar-refractivity contribution in [2.24, 2.45) is 0 Å². The van der Waals surface area contributed by atoms with E-state index in [1.165, 1.54) is 12.3 Å². The number of aromatic nitrogens is 4. The fourth-order valence-electron chi connectivity index (χ4n) is 4.97. The molecule has 3 aromatic heterocycles. The van der Waals surface area contributed by atoms with Crippen LogP contribution in [0.5, 0.6) is 5.75 Å². The molecular formula is C22H24N6O3S. The van der Waals surface area contributed by atoms with E-state index in [1.54, 1.807) is 27.0 Å². The summed E-state index contributed by atoms with van der Waals surface area (Å²) < 4.78 is 9.05. The van der Waals surface area contributed by atoms with Crippen LogP contribution in [0, 0.1) is 0 Å². The Kier molecular flexibility index (Phi) is 5.00. The van der Waals surface area contributed by atoms with E-state index in [1.807, 2.05) is 12.3 Å². The van der Waals surface area contributed by atoms with Crippen LogP contribution in [0.2, 0.25) is 0 Å². The zero-order valence-corrected chi connectivity index (χ0v) is 18.4. The number of likely N-dealkylation sites (tertiary alicyclic amines) is 1. The van der Waals surface area contributed by atoms with Crippen LogP contribution in [-0.2, 0) is 13.1 Å². The zero-order chi connectivity index (χ0) is 21.7. The lowest BCUT2D eigenvalue weighted by atomic mass is 10.0. The van der Waals surface area contributed by atoms with Crippen LogP contribution < -0.4 is 21.2 Å². The summed E-state index contributed by atoms with van der Waals surface area (Å²) in [4.78, 5) is 37.1. The Morgan fingerprint density at radius 2 is 2.00 bits per heavy atom. The molecule has 0 aliphatic carbocycles. The second-order valence-electron chi connectivity index (χ2n) is 8.60. The molecule has 9 nitrogen and oxygen atoms in total.